The number of carbonyl (C=O) groups excluding carboxylic acids is 1. The fourth-order valence-electron chi connectivity index (χ4n) is 2.01. The summed E-state index contributed by atoms with van der Waals surface area (Å²) in [7, 11) is 0. The lowest BCUT2D eigenvalue weighted by molar-refractivity contribution is -0.0540. The van der Waals surface area contributed by atoms with Crippen LogP contribution in [-0.4, -0.2) is 30.1 Å². The number of amides is 1. The molecule has 1 saturated heterocycles. The Morgan fingerprint density at radius 2 is 2.20 bits per heavy atom. The van der Waals surface area contributed by atoms with Gasteiger partial charge in [0.2, 0.25) is 0 Å². The van der Waals surface area contributed by atoms with E-state index in [0.29, 0.717) is 13.2 Å². The zero-order chi connectivity index (χ0) is 10.4. The number of fused-ring (bicyclic) bond motifs is 1. The third-order valence-corrected chi connectivity index (χ3v) is 3.45. The lowest BCUT2D eigenvalue weighted by Crippen LogP contribution is -2.48. The number of ether oxygens (including phenoxy) is 1. The van der Waals surface area contributed by atoms with Crippen molar-refractivity contribution < 1.29 is 9.53 Å². The first-order chi connectivity index (χ1) is 7.25. The zero-order valence-corrected chi connectivity index (χ0v) is 9.66. The monoisotopic (exact) mass is 267 g/mol. The summed E-state index contributed by atoms with van der Waals surface area (Å²) in [6, 6.07) is 6.11. The molecule has 0 aromatic heterocycles. The smallest absolute Gasteiger partial charge is 0.254 e. The first-order valence-corrected chi connectivity index (χ1v) is 5.72. The Balaban J connectivity index is 1.94. The van der Waals surface area contributed by atoms with Crippen LogP contribution in [0.1, 0.15) is 15.9 Å². The van der Waals surface area contributed by atoms with E-state index in [2.05, 4.69) is 15.9 Å². The van der Waals surface area contributed by atoms with Gasteiger partial charge in [-0.2, -0.15) is 0 Å². The first kappa shape index (κ1) is 9.36. The summed E-state index contributed by atoms with van der Waals surface area (Å²) in [6.07, 6.45) is 0. The van der Waals surface area contributed by atoms with Gasteiger partial charge in [-0.3, -0.25) is 4.79 Å². The van der Waals surface area contributed by atoms with Gasteiger partial charge in [0, 0.05) is 16.6 Å². The minimum absolute atomic E-state index is 0.144. The van der Waals surface area contributed by atoms with E-state index in [4.69, 9.17) is 4.74 Å². The molecule has 3 rings (SSSR count). The van der Waals surface area contributed by atoms with Crippen molar-refractivity contribution in [2.75, 3.05) is 13.2 Å². The second kappa shape index (κ2) is 3.32. The maximum Gasteiger partial charge on any atom is 0.254 e. The van der Waals surface area contributed by atoms with Crippen molar-refractivity contribution in [2.45, 2.75) is 12.6 Å². The highest BCUT2D eigenvalue weighted by molar-refractivity contribution is 9.10. The summed E-state index contributed by atoms with van der Waals surface area (Å²) >= 11 is 3.42. The Morgan fingerprint density at radius 3 is 2.87 bits per heavy atom. The average Bonchev–Trinajstić information content (AvgIpc) is 2.41. The maximum absolute atomic E-state index is 12.0. The summed E-state index contributed by atoms with van der Waals surface area (Å²) in [5.41, 5.74) is 1.95. The predicted molar refractivity (Wildman–Crippen MR) is 58.6 cm³/mol. The molecule has 78 valence electrons. The molecule has 1 aromatic carbocycles. The number of halogens is 1. The number of rotatable bonds is 1. The molecule has 2 heterocycles. The molecule has 0 saturated carbocycles. The van der Waals surface area contributed by atoms with Gasteiger partial charge in [0.1, 0.15) is 0 Å². The van der Waals surface area contributed by atoms with Gasteiger partial charge < -0.3 is 9.64 Å². The Hall–Kier alpha value is -0.870. The molecule has 2 aliphatic heterocycles. The van der Waals surface area contributed by atoms with Crippen LogP contribution in [0.2, 0.25) is 0 Å². The van der Waals surface area contributed by atoms with Crippen molar-refractivity contribution in [1.29, 1.82) is 0 Å². The summed E-state index contributed by atoms with van der Waals surface area (Å²) in [5, 5.41) is 0. The van der Waals surface area contributed by atoms with Crippen LogP contribution in [0, 0.1) is 0 Å². The van der Waals surface area contributed by atoms with Crippen molar-refractivity contribution in [2.24, 2.45) is 0 Å². The molecule has 0 unspecified atom stereocenters. The molecule has 2 aliphatic rings. The van der Waals surface area contributed by atoms with Crippen LogP contribution < -0.4 is 0 Å². The molecule has 15 heavy (non-hydrogen) atoms. The largest absolute Gasteiger partial charge is 0.377 e. The van der Waals surface area contributed by atoms with E-state index in [-0.39, 0.29) is 11.9 Å². The van der Waals surface area contributed by atoms with E-state index < -0.39 is 0 Å². The Kier molecular flexibility index (Phi) is 2.07. The second-order valence-electron chi connectivity index (χ2n) is 3.93. The van der Waals surface area contributed by atoms with E-state index in [0.717, 1.165) is 22.1 Å². The molecule has 0 radical (unpaired) electrons. The van der Waals surface area contributed by atoms with Crippen molar-refractivity contribution >= 4 is 21.8 Å². The SMILES string of the molecule is O=C1c2ccc(Br)cc2CN1C1COC1. The molecule has 1 aromatic rings. The lowest BCUT2D eigenvalue weighted by Gasteiger charge is -2.34. The Bertz CT molecular complexity index is 429. The molecule has 1 amide bonds. The topological polar surface area (TPSA) is 29.5 Å². The molecule has 0 bridgehead atoms. The third kappa shape index (κ3) is 1.40. The lowest BCUT2D eigenvalue weighted by atomic mass is 10.1. The molecule has 0 atom stereocenters. The van der Waals surface area contributed by atoms with Crippen LogP contribution in [0.4, 0.5) is 0 Å². The highest BCUT2D eigenvalue weighted by Crippen LogP contribution is 2.28. The van der Waals surface area contributed by atoms with Crippen molar-refractivity contribution in [1.82, 2.24) is 4.90 Å². The van der Waals surface area contributed by atoms with Gasteiger partial charge >= 0.3 is 0 Å². The highest BCUT2D eigenvalue weighted by atomic mass is 79.9. The van der Waals surface area contributed by atoms with E-state index in [1.807, 2.05) is 23.1 Å². The zero-order valence-electron chi connectivity index (χ0n) is 8.07. The number of hydrogen-bond acceptors (Lipinski definition) is 2. The fraction of sp³-hybridized carbons (Fsp3) is 0.364. The first-order valence-electron chi connectivity index (χ1n) is 4.93. The van der Waals surface area contributed by atoms with Gasteiger partial charge in [-0.1, -0.05) is 15.9 Å². The van der Waals surface area contributed by atoms with Crippen LogP contribution >= 0.6 is 15.9 Å². The molecule has 0 aliphatic carbocycles. The van der Waals surface area contributed by atoms with Gasteiger partial charge in [-0.25, -0.2) is 0 Å². The quantitative estimate of drug-likeness (QED) is 0.777. The number of benzene rings is 1. The summed E-state index contributed by atoms with van der Waals surface area (Å²) in [6.45, 7) is 2.09. The van der Waals surface area contributed by atoms with Crippen molar-refractivity contribution in [3.63, 3.8) is 0 Å². The predicted octanol–water partition coefficient (Wildman–Crippen LogP) is 1.80. The van der Waals surface area contributed by atoms with Crippen molar-refractivity contribution in [3.8, 4) is 0 Å². The molecule has 0 N–H and O–H groups in total. The van der Waals surface area contributed by atoms with E-state index in [9.17, 15) is 4.79 Å². The van der Waals surface area contributed by atoms with Gasteiger partial charge in [-0.15, -0.1) is 0 Å². The average molecular weight is 268 g/mol. The van der Waals surface area contributed by atoms with E-state index in [1.54, 1.807) is 0 Å². The molecule has 0 spiro atoms. The molecule has 4 heteroatoms. The minimum Gasteiger partial charge on any atom is -0.377 e. The van der Waals surface area contributed by atoms with E-state index >= 15 is 0 Å². The number of nitrogens with zero attached hydrogens (tertiary/aromatic N) is 1. The van der Waals surface area contributed by atoms with Crippen LogP contribution in [0.5, 0.6) is 0 Å². The molecule has 3 nitrogen and oxygen atoms in total. The van der Waals surface area contributed by atoms with Gasteiger partial charge in [0.05, 0.1) is 19.3 Å². The highest BCUT2D eigenvalue weighted by Gasteiger charge is 2.36. The fourth-order valence-corrected chi connectivity index (χ4v) is 2.42. The van der Waals surface area contributed by atoms with Crippen molar-refractivity contribution in [3.05, 3.63) is 33.8 Å². The third-order valence-electron chi connectivity index (χ3n) is 2.96. The standard InChI is InChI=1S/C11H10BrNO2/c12-8-1-2-10-7(3-8)4-13(11(10)14)9-5-15-6-9/h1-3,9H,4-6H2. The van der Waals surface area contributed by atoms with Gasteiger partial charge in [0.25, 0.3) is 5.91 Å². The molecule has 1 fully saturated rings. The maximum atomic E-state index is 12.0. The number of carbonyl (C=O) groups is 1. The normalized spacial score (nSPS) is 20.3. The van der Waals surface area contributed by atoms with Crippen LogP contribution in [-0.2, 0) is 11.3 Å². The van der Waals surface area contributed by atoms with E-state index in [1.165, 1.54) is 0 Å². The Morgan fingerprint density at radius 1 is 1.40 bits per heavy atom. The molecular weight excluding hydrogens is 258 g/mol. The van der Waals surface area contributed by atoms with Crippen LogP contribution in [0.25, 0.3) is 0 Å². The van der Waals surface area contributed by atoms with Gasteiger partial charge in [-0.05, 0) is 23.8 Å². The Labute approximate surface area is 96.1 Å². The molecular formula is C11H10BrNO2. The summed E-state index contributed by atoms with van der Waals surface area (Å²) in [5.74, 6) is 0.144. The second-order valence-corrected chi connectivity index (χ2v) is 4.84. The van der Waals surface area contributed by atoms with Gasteiger partial charge in [0.15, 0.2) is 0 Å². The summed E-state index contributed by atoms with van der Waals surface area (Å²) < 4.78 is 6.14. The number of hydrogen-bond donors (Lipinski definition) is 0. The van der Waals surface area contributed by atoms with Crippen LogP contribution in [0.15, 0.2) is 22.7 Å². The summed E-state index contributed by atoms with van der Waals surface area (Å²) in [4.78, 5) is 13.9. The van der Waals surface area contributed by atoms with Crippen LogP contribution in [0.3, 0.4) is 0 Å². The minimum atomic E-state index is 0.144.